The SMILES string of the molecule is CCOC(=O)c1[nH]c2c(C3=CCN([B]OC)CC3)cccc2c1Cc1ccccc1. The van der Waals surface area contributed by atoms with Crippen LogP contribution in [0.5, 0.6) is 0 Å². The molecule has 153 valence electrons. The largest absolute Gasteiger partial charge is 0.461 e. The summed E-state index contributed by atoms with van der Waals surface area (Å²) in [6.07, 6.45) is 3.82. The molecule has 0 fully saturated rings. The lowest BCUT2D eigenvalue weighted by molar-refractivity contribution is 0.0519. The Kier molecular flexibility index (Phi) is 6.36. The molecule has 6 heteroatoms. The van der Waals surface area contributed by atoms with Gasteiger partial charge in [-0.05, 0) is 36.6 Å². The Labute approximate surface area is 178 Å². The second kappa shape index (κ2) is 9.33. The first kappa shape index (κ1) is 20.4. The predicted molar refractivity (Wildman–Crippen MR) is 120 cm³/mol. The van der Waals surface area contributed by atoms with E-state index in [0.29, 0.717) is 18.7 Å². The molecule has 1 aliphatic rings. The van der Waals surface area contributed by atoms with Gasteiger partial charge in [-0.3, -0.25) is 0 Å². The summed E-state index contributed by atoms with van der Waals surface area (Å²) in [6, 6.07) is 16.5. The zero-order chi connectivity index (χ0) is 20.9. The molecule has 1 aliphatic heterocycles. The molecule has 1 N–H and O–H groups in total. The minimum Gasteiger partial charge on any atom is -0.461 e. The Hall–Kier alpha value is -2.83. The van der Waals surface area contributed by atoms with Gasteiger partial charge in [0, 0.05) is 31.0 Å². The third-order valence-electron chi connectivity index (χ3n) is 5.49. The van der Waals surface area contributed by atoms with Crippen molar-refractivity contribution in [1.82, 2.24) is 9.79 Å². The monoisotopic (exact) mass is 401 g/mol. The van der Waals surface area contributed by atoms with Gasteiger partial charge in [0.05, 0.1) is 12.1 Å². The average Bonchev–Trinajstić information content (AvgIpc) is 3.14. The first-order chi connectivity index (χ1) is 14.7. The van der Waals surface area contributed by atoms with Crippen LogP contribution in [0.25, 0.3) is 16.5 Å². The number of fused-ring (bicyclic) bond motifs is 1. The van der Waals surface area contributed by atoms with E-state index in [1.807, 2.05) is 25.1 Å². The quantitative estimate of drug-likeness (QED) is 0.476. The zero-order valence-corrected chi connectivity index (χ0v) is 17.5. The molecular formula is C24H26BN2O3. The van der Waals surface area contributed by atoms with Gasteiger partial charge >= 0.3 is 13.6 Å². The molecule has 0 atom stereocenters. The number of aromatic nitrogens is 1. The second-order valence-corrected chi connectivity index (χ2v) is 7.40. The Morgan fingerprint density at radius 1 is 1.17 bits per heavy atom. The lowest BCUT2D eigenvalue weighted by Crippen LogP contribution is -2.33. The van der Waals surface area contributed by atoms with E-state index in [-0.39, 0.29) is 5.97 Å². The van der Waals surface area contributed by atoms with Crippen molar-refractivity contribution in [3.05, 3.63) is 77.0 Å². The van der Waals surface area contributed by atoms with Crippen molar-refractivity contribution in [2.24, 2.45) is 0 Å². The number of esters is 1. The van der Waals surface area contributed by atoms with Crippen molar-refractivity contribution in [3.63, 3.8) is 0 Å². The van der Waals surface area contributed by atoms with Crippen LogP contribution in [-0.4, -0.2) is 50.2 Å². The van der Waals surface area contributed by atoms with E-state index >= 15 is 0 Å². The van der Waals surface area contributed by atoms with Crippen molar-refractivity contribution in [2.75, 3.05) is 26.8 Å². The van der Waals surface area contributed by atoms with Crippen molar-refractivity contribution in [2.45, 2.75) is 19.8 Å². The number of ether oxygens (including phenoxy) is 1. The summed E-state index contributed by atoms with van der Waals surface area (Å²) in [7, 11) is 3.43. The number of benzene rings is 2. The summed E-state index contributed by atoms with van der Waals surface area (Å²) in [4.78, 5) is 18.3. The molecule has 0 saturated heterocycles. The number of hydrogen-bond donors (Lipinski definition) is 1. The van der Waals surface area contributed by atoms with Crippen LogP contribution in [0.1, 0.15) is 40.5 Å². The third kappa shape index (κ3) is 4.20. The highest BCUT2D eigenvalue weighted by Crippen LogP contribution is 2.33. The standard InChI is InChI=1S/C24H26BN2O3/c1-3-30-24(28)23-21(16-17-8-5-4-6-9-17)20-11-7-10-19(22(20)26-23)18-12-14-27(15-13-18)25-29-2/h4-12,26H,3,13-16H2,1-2H3. The number of rotatable bonds is 7. The fourth-order valence-electron chi connectivity index (χ4n) is 4.08. The van der Waals surface area contributed by atoms with Crippen molar-refractivity contribution < 1.29 is 14.2 Å². The number of para-hydroxylation sites is 1. The van der Waals surface area contributed by atoms with Crippen LogP contribution in [0.15, 0.2) is 54.6 Å². The molecule has 0 amide bonds. The first-order valence-electron chi connectivity index (χ1n) is 10.4. The van der Waals surface area contributed by atoms with E-state index in [2.05, 4.69) is 46.2 Å². The molecule has 1 aromatic heterocycles. The minimum absolute atomic E-state index is 0.302. The number of nitrogens with zero attached hydrogens (tertiary/aromatic N) is 1. The van der Waals surface area contributed by atoms with E-state index in [0.717, 1.165) is 47.1 Å². The molecule has 30 heavy (non-hydrogen) atoms. The Balaban J connectivity index is 1.77. The van der Waals surface area contributed by atoms with Crippen LogP contribution in [0, 0.1) is 0 Å². The average molecular weight is 401 g/mol. The first-order valence-corrected chi connectivity index (χ1v) is 10.4. The van der Waals surface area contributed by atoms with Gasteiger partial charge in [-0.2, -0.15) is 0 Å². The number of nitrogens with one attached hydrogen (secondary N) is 1. The molecule has 2 heterocycles. The molecule has 0 unspecified atom stereocenters. The van der Waals surface area contributed by atoms with E-state index in [9.17, 15) is 4.79 Å². The van der Waals surface area contributed by atoms with Crippen LogP contribution < -0.4 is 0 Å². The third-order valence-corrected chi connectivity index (χ3v) is 5.49. The van der Waals surface area contributed by atoms with Crippen molar-refractivity contribution >= 4 is 30.1 Å². The predicted octanol–water partition coefficient (Wildman–Crippen LogP) is 4.21. The normalized spacial score (nSPS) is 14.5. The summed E-state index contributed by atoms with van der Waals surface area (Å²) in [5.74, 6) is -0.302. The maximum atomic E-state index is 12.7. The molecule has 3 aromatic rings. The van der Waals surface area contributed by atoms with Crippen LogP contribution in [0.2, 0.25) is 0 Å². The molecule has 0 bridgehead atoms. The van der Waals surface area contributed by atoms with Crippen molar-refractivity contribution in [3.8, 4) is 0 Å². The van der Waals surface area contributed by atoms with Gasteiger partial charge in [0.1, 0.15) is 5.69 Å². The number of H-pyrrole nitrogens is 1. The second-order valence-electron chi connectivity index (χ2n) is 7.40. The van der Waals surface area contributed by atoms with E-state index < -0.39 is 0 Å². The summed E-state index contributed by atoms with van der Waals surface area (Å²) >= 11 is 0. The van der Waals surface area contributed by atoms with Gasteiger partial charge in [0.2, 0.25) is 0 Å². The summed E-state index contributed by atoms with van der Waals surface area (Å²) in [5.41, 5.74) is 6.13. The van der Waals surface area contributed by atoms with Crippen LogP contribution in [0.3, 0.4) is 0 Å². The van der Waals surface area contributed by atoms with Gasteiger partial charge in [0.15, 0.2) is 0 Å². The fourth-order valence-corrected chi connectivity index (χ4v) is 4.08. The van der Waals surface area contributed by atoms with Crippen LogP contribution in [-0.2, 0) is 15.8 Å². The van der Waals surface area contributed by atoms with Crippen LogP contribution in [0.4, 0.5) is 0 Å². The Morgan fingerprint density at radius 3 is 2.70 bits per heavy atom. The van der Waals surface area contributed by atoms with Gasteiger partial charge in [-0.25, -0.2) is 4.79 Å². The number of hydrogen-bond acceptors (Lipinski definition) is 4. The number of carbonyl (C=O) groups excluding carboxylic acids is 1. The highest BCUT2D eigenvalue weighted by atomic mass is 16.5. The fraction of sp³-hybridized carbons (Fsp3) is 0.292. The topological polar surface area (TPSA) is 54.6 Å². The number of aromatic amines is 1. The highest BCUT2D eigenvalue weighted by Gasteiger charge is 2.22. The van der Waals surface area contributed by atoms with Gasteiger partial charge in [-0.15, -0.1) is 0 Å². The molecular weight excluding hydrogens is 375 g/mol. The summed E-state index contributed by atoms with van der Waals surface area (Å²) < 4.78 is 10.5. The lowest BCUT2D eigenvalue weighted by atomic mass is 9.94. The Bertz CT molecular complexity index is 1060. The molecule has 0 aliphatic carbocycles. The minimum atomic E-state index is -0.302. The molecule has 4 rings (SSSR count). The molecule has 0 spiro atoms. The molecule has 0 saturated carbocycles. The van der Waals surface area contributed by atoms with E-state index in [4.69, 9.17) is 9.39 Å². The Morgan fingerprint density at radius 2 is 2.00 bits per heavy atom. The maximum Gasteiger partial charge on any atom is 0.398 e. The van der Waals surface area contributed by atoms with Crippen LogP contribution >= 0.6 is 0 Å². The van der Waals surface area contributed by atoms with E-state index in [1.165, 1.54) is 5.57 Å². The zero-order valence-electron chi connectivity index (χ0n) is 17.5. The summed E-state index contributed by atoms with van der Waals surface area (Å²) in [5, 5.41) is 1.08. The van der Waals surface area contributed by atoms with E-state index in [1.54, 1.807) is 14.7 Å². The molecule has 5 nitrogen and oxygen atoms in total. The molecule has 2 aromatic carbocycles. The highest BCUT2D eigenvalue weighted by molar-refractivity contribution is 6.23. The van der Waals surface area contributed by atoms with Gasteiger partial charge in [0.25, 0.3) is 0 Å². The van der Waals surface area contributed by atoms with Crippen molar-refractivity contribution in [1.29, 1.82) is 0 Å². The maximum absolute atomic E-state index is 12.7. The summed E-state index contributed by atoms with van der Waals surface area (Å²) in [6.45, 7) is 3.89. The molecule has 1 radical (unpaired) electrons. The lowest BCUT2D eigenvalue weighted by Gasteiger charge is -2.24. The number of carbonyl (C=O) groups is 1. The van der Waals surface area contributed by atoms with Gasteiger partial charge in [-0.1, -0.05) is 54.6 Å². The van der Waals surface area contributed by atoms with Gasteiger partial charge < -0.3 is 19.2 Å². The smallest absolute Gasteiger partial charge is 0.398 e.